The summed E-state index contributed by atoms with van der Waals surface area (Å²) in [5.41, 5.74) is 2.85. The van der Waals surface area contributed by atoms with Gasteiger partial charge in [-0.1, -0.05) is 73.0 Å². The molecule has 2 unspecified atom stereocenters. The molecule has 2 atom stereocenters. The first-order valence-corrected chi connectivity index (χ1v) is 17.3. The van der Waals surface area contributed by atoms with Crippen molar-refractivity contribution in [2.24, 2.45) is 0 Å². The van der Waals surface area contributed by atoms with Gasteiger partial charge in [0.15, 0.2) is 0 Å². The number of aromatic carboxylic acids is 2. The van der Waals surface area contributed by atoms with Crippen molar-refractivity contribution in [3.05, 3.63) is 130 Å². The van der Waals surface area contributed by atoms with Crippen molar-refractivity contribution in [1.29, 1.82) is 0 Å². The number of thiocarbonyl (C=S) groups is 2. The molecule has 0 aromatic heterocycles. The maximum absolute atomic E-state index is 10.9. The Bertz CT molecular complexity index is 1830. The summed E-state index contributed by atoms with van der Waals surface area (Å²) in [6, 6.07) is 22.8. The first kappa shape index (κ1) is 40.2. The summed E-state index contributed by atoms with van der Waals surface area (Å²) in [5, 5.41) is 16.7. The maximum Gasteiger partial charge on any atom is 2.00 e. The van der Waals surface area contributed by atoms with Gasteiger partial charge in [-0.25, -0.2) is 26.4 Å². The second-order valence-electron chi connectivity index (χ2n) is 9.34. The predicted octanol–water partition coefficient (Wildman–Crippen LogP) is 5.35. The second kappa shape index (κ2) is 16.9. The Hall–Kier alpha value is -2.99. The van der Waals surface area contributed by atoms with Gasteiger partial charge in [0.05, 0.1) is 31.4 Å². The molecule has 0 heterocycles. The molecule has 248 valence electrons. The van der Waals surface area contributed by atoms with E-state index >= 15 is 0 Å². The standard InChI is InChI=1S/2C15H12O5S3.Ni/c2*16-15(17)11-3-1-9(2-4-11)13(21)14(22)10-5-7-12(8-6-10)23(18,19)20;/h2*1-8,14,22H,(H,16,17)(H,18,19,20);/q;;+2/p-2. The molecular formula is C30H22NiO10S6. The molecular weight excluding hydrogens is 771 g/mol. The van der Waals surface area contributed by atoms with Crippen molar-refractivity contribution in [2.45, 2.75) is 20.3 Å². The van der Waals surface area contributed by atoms with Crippen LogP contribution in [0.5, 0.6) is 0 Å². The molecule has 0 spiro atoms. The van der Waals surface area contributed by atoms with E-state index in [-0.39, 0.29) is 37.4 Å². The third-order valence-corrected chi connectivity index (χ3v) is 10.4. The van der Waals surface area contributed by atoms with Crippen LogP contribution in [0.15, 0.2) is 107 Å². The summed E-state index contributed by atoms with van der Waals surface area (Å²) >= 11 is 19.5. The molecule has 0 radical (unpaired) electrons. The fraction of sp³-hybridized carbons (Fsp3) is 0.0667. The van der Waals surface area contributed by atoms with E-state index in [2.05, 4.69) is 25.3 Å². The number of hydrogen-bond donors (Lipinski definition) is 4. The summed E-state index contributed by atoms with van der Waals surface area (Å²) in [4.78, 5) is 21.9. The van der Waals surface area contributed by atoms with E-state index in [1.165, 1.54) is 72.8 Å². The van der Waals surface area contributed by atoms with Crippen LogP contribution in [-0.2, 0) is 36.7 Å². The largest absolute Gasteiger partial charge is 2.00 e. The normalized spacial score (nSPS) is 12.3. The number of carboxylic acids is 2. The zero-order valence-corrected chi connectivity index (χ0v) is 29.4. The van der Waals surface area contributed by atoms with Crippen LogP contribution in [0.2, 0.25) is 0 Å². The SMILES string of the molecule is O=C(O)c1ccc(C(=S)C(S)c2ccc(S(=O)(=O)[O-])cc2)cc1.O=C(O)c1ccc(C(=S)C(S)c2ccc(S(=O)(=O)[O-])cc2)cc1.[Ni+2]. The summed E-state index contributed by atoms with van der Waals surface area (Å²) in [7, 11) is -8.99. The van der Waals surface area contributed by atoms with Crippen molar-refractivity contribution in [2.75, 3.05) is 0 Å². The molecule has 0 saturated carbocycles. The van der Waals surface area contributed by atoms with Crippen LogP contribution >= 0.6 is 49.7 Å². The Morgan fingerprint density at radius 1 is 0.532 bits per heavy atom. The van der Waals surface area contributed by atoms with Crippen molar-refractivity contribution in [3.8, 4) is 0 Å². The number of thiol groups is 2. The van der Waals surface area contributed by atoms with Crippen LogP contribution in [0.1, 0.15) is 53.5 Å². The van der Waals surface area contributed by atoms with Crippen LogP contribution in [0.4, 0.5) is 0 Å². The van der Waals surface area contributed by atoms with Gasteiger partial charge in [-0.2, -0.15) is 25.3 Å². The number of rotatable bonds is 10. The van der Waals surface area contributed by atoms with Crippen LogP contribution < -0.4 is 0 Å². The zero-order valence-electron chi connectivity index (χ0n) is 23.4. The van der Waals surface area contributed by atoms with E-state index in [1.54, 1.807) is 24.3 Å². The van der Waals surface area contributed by atoms with Gasteiger partial charge in [-0.15, -0.1) is 0 Å². The van der Waals surface area contributed by atoms with Gasteiger partial charge in [0.2, 0.25) is 0 Å². The maximum atomic E-state index is 10.9. The number of carbonyl (C=O) groups is 2. The quantitative estimate of drug-likeness (QED) is 0.0531. The van der Waals surface area contributed by atoms with E-state index in [1.807, 2.05) is 0 Å². The van der Waals surface area contributed by atoms with Crippen molar-refractivity contribution < 1.29 is 62.2 Å². The van der Waals surface area contributed by atoms with E-state index < -0.39 is 42.7 Å². The number of benzene rings is 4. The molecule has 17 heteroatoms. The van der Waals surface area contributed by atoms with Gasteiger partial charge in [0, 0.05) is 9.73 Å². The fourth-order valence-corrected chi connectivity index (χ4v) is 5.93. The minimum atomic E-state index is -4.49. The summed E-state index contributed by atoms with van der Waals surface area (Å²) in [5.74, 6) is -2.06. The molecule has 47 heavy (non-hydrogen) atoms. The van der Waals surface area contributed by atoms with Gasteiger partial charge >= 0.3 is 28.4 Å². The Kier molecular flexibility index (Phi) is 14.5. The minimum Gasteiger partial charge on any atom is -0.744 e. The molecule has 0 aliphatic rings. The van der Waals surface area contributed by atoms with E-state index in [0.29, 0.717) is 32.0 Å². The minimum absolute atomic E-state index is 0. The van der Waals surface area contributed by atoms with E-state index in [9.17, 15) is 35.5 Å². The average Bonchev–Trinajstić information content (AvgIpc) is 3.03. The molecule has 0 bridgehead atoms. The van der Waals surface area contributed by atoms with Crippen molar-refractivity contribution in [3.63, 3.8) is 0 Å². The molecule has 0 aliphatic heterocycles. The van der Waals surface area contributed by atoms with Crippen molar-refractivity contribution in [1.82, 2.24) is 0 Å². The number of hydrogen-bond acceptors (Lipinski definition) is 12. The first-order valence-electron chi connectivity index (χ1n) is 12.6. The fourth-order valence-electron chi connectivity index (χ4n) is 3.81. The smallest absolute Gasteiger partial charge is 0.744 e. The van der Waals surface area contributed by atoms with Crippen LogP contribution in [0.3, 0.4) is 0 Å². The number of carboxylic acid groups (broad SMARTS) is 2. The topological polar surface area (TPSA) is 189 Å². The van der Waals surface area contributed by atoms with Gasteiger partial charge < -0.3 is 19.3 Å². The van der Waals surface area contributed by atoms with Gasteiger partial charge in [0.25, 0.3) is 0 Å². The molecule has 10 nitrogen and oxygen atoms in total. The predicted molar refractivity (Wildman–Crippen MR) is 182 cm³/mol. The Labute approximate surface area is 302 Å². The molecule has 0 amide bonds. The van der Waals surface area contributed by atoms with Crippen molar-refractivity contribution >= 4 is 91.6 Å². The van der Waals surface area contributed by atoms with E-state index in [4.69, 9.17) is 34.6 Å². The first-order chi connectivity index (χ1) is 21.4. The van der Waals surface area contributed by atoms with Crippen LogP contribution in [-0.4, -0.2) is 57.8 Å². The third-order valence-electron chi connectivity index (χ3n) is 6.30. The molecule has 4 rings (SSSR count). The zero-order chi connectivity index (χ0) is 34.4. The molecule has 4 aromatic rings. The summed E-state index contributed by atoms with van der Waals surface area (Å²) < 4.78 is 65.4. The Morgan fingerprint density at radius 2 is 0.766 bits per heavy atom. The van der Waals surface area contributed by atoms with E-state index in [0.717, 1.165) is 0 Å². The molecule has 4 aromatic carbocycles. The Balaban J connectivity index is 0.000000320. The Morgan fingerprint density at radius 3 is 0.979 bits per heavy atom. The molecule has 2 N–H and O–H groups in total. The van der Waals surface area contributed by atoms with Crippen LogP contribution in [0.25, 0.3) is 0 Å². The summed E-state index contributed by atoms with van der Waals surface area (Å²) in [6.07, 6.45) is 0. The van der Waals surface area contributed by atoms with Gasteiger partial charge in [-0.05, 0) is 70.8 Å². The molecule has 0 fully saturated rings. The third kappa shape index (κ3) is 11.0. The van der Waals surface area contributed by atoms with Crippen LogP contribution in [0, 0.1) is 0 Å². The molecule has 0 saturated heterocycles. The average molecular weight is 794 g/mol. The second-order valence-corrected chi connectivity index (χ2v) is 14.0. The van der Waals surface area contributed by atoms with Gasteiger partial charge in [0.1, 0.15) is 20.2 Å². The monoisotopic (exact) mass is 792 g/mol. The molecule has 0 aliphatic carbocycles. The van der Waals surface area contributed by atoms with Gasteiger partial charge in [-0.3, -0.25) is 0 Å². The summed E-state index contributed by atoms with van der Waals surface area (Å²) in [6.45, 7) is 0.